The Morgan fingerprint density at radius 1 is 1.15 bits per heavy atom. The van der Waals surface area contributed by atoms with Crippen LogP contribution in [0.25, 0.3) is 11.4 Å². The summed E-state index contributed by atoms with van der Waals surface area (Å²) in [6.07, 6.45) is 2.71. The van der Waals surface area contributed by atoms with Crippen molar-refractivity contribution in [2.45, 2.75) is 36.5 Å². The molecule has 0 bridgehead atoms. The molecule has 5 rings (SSSR count). The number of alkyl halides is 3. The van der Waals surface area contributed by atoms with Crippen LogP contribution in [0.5, 0.6) is 0 Å². The summed E-state index contributed by atoms with van der Waals surface area (Å²) >= 11 is 1.71. The number of benzene rings is 1. The highest BCUT2D eigenvalue weighted by Crippen LogP contribution is 2.64. The maximum Gasteiger partial charge on any atom is 0.416 e. The van der Waals surface area contributed by atoms with Crippen LogP contribution in [0.2, 0.25) is 0 Å². The molecule has 1 spiro atoms. The van der Waals surface area contributed by atoms with Gasteiger partial charge in [-0.25, -0.2) is 0 Å². The minimum Gasteiger partial charge on any atom is -0.305 e. The molecule has 1 saturated heterocycles. The Balaban J connectivity index is 1.09. The molecule has 1 aromatic carbocycles. The Kier molecular flexibility index (Phi) is 5.76. The summed E-state index contributed by atoms with van der Waals surface area (Å²) in [5.41, 5.74) is 1.69. The molecule has 1 aliphatic carbocycles. The summed E-state index contributed by atoms with van der Waals surface area (Å²) in [5, 5.41) is 13.7. The van der Waals surface area contributed by atoms with Crippen LogP contribution < -0.4 is 0 Å². The van der Waals surface area contributed by atoms with Crippen LogP contribution >= 0.6 is 11.8 Å². The van der Waals surface area contributed by atoms with E-state index in [1.54, 1.807) is 34.8 Å². The number of aryl methyl sites for hydroxylation is 1. The van der Waals surface area contributed by atoms with Crippen LogP contribution in [-0.2, 0) is 20.3 Å². The van der Waals surface area contributed by atoms with Gasteiger partial charge in [-0.3, -0.25) is 4.68 Å². The number of hydrogen-bond acceptors (Lipinski definition) is 5. The van der Waals surface area contributed by atoms with E-state index in [2.05, 4.69) is 20.2 Å². The third-order valence-corrected chi connectivity index (χ3v) is 8.05. The van der Waals surface area contributed by atoms with Gasteiger partial charge in [-0.2, -0.15) is 18.3 Å². The SMILES string of the molecule is Cn1cc(-c2nnc(SCCCN3CCC4(CC4c4ccc(C(F)(F)F)cc4)C3)n2C)cn1. The van der Waals surface area contributed by atoms with Gasteiger partial charge in [-0.15, -0.1) is 10.2 Å². The lowest BCUT2D eigenvalue weighted by molar-refractivity contribution is -0.137. The summed E-state index contributed by atoms with van der Waals surface area (Å²) in [6, 6.07) is 5.78. The number of aromatic nitrogens is 5. The number of rotatable bonds is 7. The second kappa shape index (κ2) is 8.47. The van der Waals surface area contributed by atoms with Crippen molar-refractivity contribution in [1.29, 1.82) is 0 Å². The molecule has 1 aliphatic heterocycles. The van der Waals surface area contributed by atoms with Gasteiger partial charge in [0.1, 0.15) is 0 Å². The molecule has 6 nitrogen and oxygen atoms in total. The first-order chi connectivity index (χ1) is 15.7. The molecule has 2 fully saturated rings. The van der Waals surface area contributed by atoms with Crippen molar-refractivity contribution in [2.75, 3.05) is 25.4 Å². The van der Waals surface area contributed by atoms with Crippen molar-refractivity contribution in [3.8, 4) is 11.4 Å². The smallest absolute Gasteiger partial charge is 0.305 e. The molecule has 33 heavy (non-hydrogen) atoms. The summed E-state index contributed by atoms with van der Waals surface area (Å²) in [7, 11) is 3.86. The molecule has 2 aliphatic rings. The van der Waals surface area contributed by atoms with Gasteiger partial charge in [0, 0.05) is 32.6 Å². The molecule has 3 aromatic rings. The van der Waals surface area contributed by atoms with Crippen LogP contribution in [0.15, 0.2) is 41.8 Å². The monoisotopic (exact) mass is 476 g/mol. The minimum atomic E-state index is -4.27. The number of thioether (sulfide) groups is 1. The number of halogens is 3. The van der Waals surface area contributed by atoms with E-state index in [0.29, 0.717) is 5.92 Å². The molecule has 176 valence electrons. The summed E-state index contributed by atoms with van der Waals surface area (Å²) in [5.74, 6) is 2.17. The molecule has 2 atom stereocenters. The highest BCUT2D eigenvalue weighted by atomic mass is 32.2. The Labute approximate surface area is 195 Å². The topological polar surface area (TPSA) is 51.8 Å². The van der Waals surface area contributed by atoms with Gasteiger partial charge in [0.15, 0.2) is 11.0 Å². The van der Waals surface area contributed by atoms with Crippen molar-refractivity contribution in [3.05, 3.63) is 47.8 Å². The van der Waals surface area contributed by atoms with Crippen molar-refractivity contribution in [2.24, 2.45) is 19.5 Å². The standard InChI is InChI=1S/C23H27F3N6S/c1-30-14-17(13-27-30)20-28-29-21(31(20)2)33-11-3-9-32-10-8-22(15-32)12-19(22)16-4-6-18(7-5-16)23(24,25)26/h4-7,13-14,19H,3,8-12,15H2,1-2H3. The largest absolute Gasteiger partial charge is 0.416 e. The highest BCUT2D eigenvalue weighted by molar-refractivity contribution is 7.99. The molecule has 0 amide bonds. The van der Waals surface area contributed by atoms with E-state index in [0.717, 1.165) is 66.8 Å². The second-order valence-corrected chi connectivity index (χ2v) is 10.3. The van der Waals surface area contributed by atoms with E-state index in [1.807, 2.05) is 24.9 Å². The summed E-state index contributed by atoms with van der Waals surface area (Å²) in [6.45, 7) is 3.14. The zero-order valence-corrected chi connectivity index (χ0v) is 19.5. The van der Waals surface area contributed by atoms with Crippen LogP contribution in [0.3, 0.4) is 0 Å². The third kappa shape index (κ3) is 4.55. The Morgan fingerprint density at radius 3 is 2.64 bits per heavy atom. The molecule has 2 unspecified atom stereocenters. The second-order valence-electron chi connectivity index (χ2n) is 9.23. The van der Waals surface area contributed by atoms with Crippen molar-refractivity contribution < 1.29 is 13.2 Å². The average Bonchev–Trinajstić information content (AvgIpc) is 3.06. The lowest BCUT2D eigenvalue weighted by atomic mass is 9.97. The van der Waals surface area contributed by atoms with Crippen LogP contribution in [0, 0.1) is 5.41 Å². The first-order valence-corrected chi connectivity index (χ1v) is 12.1. The van der Waals surface area contributed by atoms with Gasteiger partial charge < -0.3 is 9.47 Å². The lowest BCUT2D eigenvalue weighted by Crippen LogP contribution is -2.23. The quantitative estimate of drug-likeness (QED) is 0.369. The molecule has 0 N–H and O–H groups in total. The van der Waals surface area contributed by atoms with E-state index in [1.165, 1.54) is 12.1 Å². The van der Waals surface area contributed by atoms with E-state index in [4.69, 9.17) is 0 Å². The third-order valence-electron chi connectivity index (χ3n) is 6.94. The van der Waals surface area contributed by atoms with E-state index in [-0.39, 0.29) is 5.41 Å². The summed E-state index contributed by atoms with van der Waals surface area (Å²) < 4.78 is 42.2. The van der Waals surface area contributed by atoms with Gasteiger partial charge in [-0.05, 0) is 61.4 Å². The Morgan fingerprint density at radius 2 is 1.94 bits per heavy atom. The molecule has 2 aromatic heterocycles. The first kappa shape index (κ1) is 22.5. The van der Waals surface area contributed by atoms with E-state index < -0.39 is 11.7 Å². The van der Waals surface area contributed by atoms with Crippen molar-refractivity contribution in [1.82, 2.24) is 29.4 Å². The zero-order chi connectivity index (χ0) is 23.2. The van der Waals surface area contributed by atoms with Crippen LogP contribution in [0.1, 0.15) is 36.3 Å². The van der Waals surface area contributed by atoms with E-state index >= 15 is 0 Å². The molecule has 0 radical (unpaired) electrons. The fourth-order valence-electron chi connectivity index (χ4n) is 5.03. The fourth-order valence-corrected chi connectivity index (χ4v) is 5.86. The normalized spacial score (nSPS) is 23.0. The van der Waals surface area contributed by atoms with Crippen LogP contribution in [0.4, 0.5) is 13.2 Å². The Hall–Kier alpha value is -2.33. The predicted octanol–water partition coefficient (Wildman–Crippen LogP) is 4.60. The van der Waals surface area contributed by atoms with Crippen LogP contribution in [-0.4, -0.2) is 54.8 Å². The van der Waals surface area contributed by atoms with Crippen molar-refractivity contribution in [3.63, 3.8) is 0 Å². The van der Waals surface area contributed by atoms with Crippen molar-refractivity contribution >= 4 is 11.8 Å². The highest BCUT2D eigenvalue weighted by Gasteiger charge is 2.57. The number of hydrogen-bond donors (Lipinski definition) is 0. The van der Waals surface area contributed by atoms with Gasteiger partial charge in [0.05, 0.1) is 17.3 Å². The molecule has 10 heteroatoms. The minimum absolute atomic E-state index is 0.259. The molecule has 3 heterocycles. The Bertz CT molecular complexity index is 1120. The fraction of sp³-hybridized carbons (Fsp3) is 0.522. The van der Waals surface area contributed by atoms with Gasteiger partial charge in [-0.1, -0.05) is 23.9 Å². The maximum absolute atomic E-state index is 12.8. The van der Waals surface area contributed by atoms with Gasteiger partial charge >= 0.3 is 6.18 Å². The maximum atomic E-state index is 12.8. The number of nitrogens with zero attached hydrogens (tertiary/aromatic N) is 6. The molecular weight excluding hydrogens is 449 g/mol. The number of likely N-dealkylation sites (tertiary alicyclic amines) is 1. The van der Waals surface area contributed by atoms with Gasteiger partial charge in [0.25, 0.3) is 0 Å². The average molecular weight is 477 g/mol. The van der Waals surface area contributed by atoms with E-state index in [9.17, 15) is 13.2 Å². The summed E-state index contributed by atoms with van der Waals surface area (Å²) in [4.78, 5) is 2.50. The first-order valence-electron chi connectivity index (χ1n) is 11.2. The zero-order valence-electron chi connectivity index (χ0n) is 18.7. The molecular formula is C23H27F3N6S. The predicted molar refractivity (Wildman–Crippen MR) is 121 cm³/mol. The molecule has 1 saturated carbocycles. The van der Waals surface area contributed by atoms with Gasteiger partial charge in [0.2, 0.25) is 0 Å². The lowest BCUT2D eigenvalue weighted by Gasteiger charge is -2.16.